The first-order valence-electron chi connectivity index (χ1n) is 11.0. The van der Waals surface area contributed by atoms with Crippen molar-refractivity contribution in [3.8, 4) is 17.1 Å². The quantitative estimate of drug-likeness (QED) is 0.247. The SMILES string of the molecule is COc1cccc(-c2nnc(SCC(=O)c3cc(C)n(C4CC4)c3C)n2Cc2ccco2)c1. The molecule has 1 saturated carbocycles. The van der Waals surface area contributed by atoms with Crippen LogP contribution >= 0.6 is 11.8 Å². The molecular weight excluding hydrogens is 436 g/mol. The molecule has 1 aliphatic rings. The van der Waals surface area contributed by atoms with E-state index in [1.54, 1.807) is 13.4 Å². The number of carbonyl (C=O) groups is 1. The molecule has 4 aromatic rings. The molecule has 3 aromatic heterocycles. The third-order valence-corrected chi connectivity index (χ3v) is 6.93. The van der Waals surface area contributed by atoms with Gasteiger partial charge in [0.05, 0.1) is 25.7 Å². The molecule has 7 nitrogen and oxygen atoms in total. The monoisotopic (exact) mass is 462 g/mol. The summed E-state index contributed by atoms with van der Waals surface area (Å²) in [6, 6.07) is 14.1. The van der Waals surface area contributed by atoms with Gasteiger partial charge in [0.2, 0.25) is 0 Å². The molecular formula is C25H26N4O3S. The lowest BCUT2D eigenvalue weighted by Gasteiger charge is -2.10. The van der Waals surface area contributed by atoms with Crippen molar-refractivity contribution in [3.63, 3.8) is 0 Å². The highest BCUT2D eigenvalue weighted by Crippen LogP contribution is 2.38. The molecule has 8 heteroatoms. The van der Waals surface area contributed by atoms with Crippen molar-refractivity contribution in [2.45, 2.75) is 44.4 Å². The van der Waals surface area contributed by atoms with E-state index >= 15 is 0 Å². The molecule has 0 aliphatic heterocycles. The minimum atomic E-state index is 0.107. The standard InChI is InChI=1S/C25H26N4O3S/c1-16-12-22(17(2)29(16)19-9-10-19)23(30)15-33-25-27-26-24(18-6-4-7-20(13-18)31-3)28(25)14-21-8-5-11-32-21/h4-8,11-13,19H,9-10,14-15H2,1-3H3. The van der Waals surface area contributed by atoms with Crippen LogP contribution in [0.5, 0.6) is 5.75 Å². The zero-order valence-electron chi connectivity index (χ0n) is 18.9. The Labute approximate surface area is 196 Å². The number of benzene rings is 1. The Hall–Kier alpha value is -3.26. The van der Waals surface area contributed by atoms with Crippen LogP contribution in [-0.4, -0.2) is 38.0 Å². The van der Waals surface area contributed by atoms with E-state index < -0.39 is 0 Å². The Balaban J connectivity index is 1.41. The largest absolute Gasteiger partial charge is 0.497 e. The van der Waals surface area contributed by atoms with Crippen LogP contribution in [-0.2, 0) is 6.54 Å². The predicted octanol–water partition coefficient (Wildman–Crippen LogP) is 5.32. The number of ketones is 1. The van der Waals surface area contributed by atoms with Gasteiger partial charge < -0.3 is 13.7 Å². The van der Waals surface area contributed by atoms with Gasteiger partial charge in [0.25, 0.3) is 0 Å². The summed E-state index contributed by atoms with van der Waals surface area (Å²) in [5.41, 5.74) is 3.91. The molecule has 0 spiro atoms. The fraction of sp³-hybridized carbons (Fsp3) is 0.320. The van der Waals surface area contributed by atoms with Crippen LogP contribution < -0.4 is 4.74 Å². The third kappa shape index (κ3) is 4.35. The van der Waals surface area contributed by atoms with E-state index in [4.69, 9.17) is 9.15 Å². The molecule has 1 aromatic carbocycles. The molecule has 1 aliphatic carbocycles. The topological polar surface area (TPSA) is 75.1 Å². The zero-order chi connectivity index (χ0) is 22.9. The van der Waals surface area contributed by atoms with Gasteiger partial charge in [-0.25, -0.2) is 0 Å². The van der Waals surface area contributed by atoms with E-state index in [9.17, 15) is 4.79 Å². The Bertz CT molecular complexity index is 1290. The number of aromatic nitrogens is 4. The van der Waals surface area contributed by atoms with Crippen molar-refractivity contribution in [1.29, 1.82) is 0 Å². The second-order valence-corrected chi connectivity index (χ2v) is 9.24. The van der Waals surface area contributed by atoms with Gasteiger partial charge in [-0.15, -0.1) is 10.2 Å². The first-order chi connectivity index (χ1) is 16.0. The van der Waals surface area contributed by atoms with Gasteiger partial charge in [-0.2, -0.15) is 0 Å². The van der Waals surface area contributed by atoms with E-state index in [0.717, 1.165) is 34.0 Å². The highest BCUT2D eigenvalue weighted by Gasteiger charge is 2.28. The number of methoxy groups -OCH3 is 1. The van der Waals surface area contributed by atoms with Crippen LogP contribution in [0.2, 0.25) is 0 Å². The molecule has 170 valence electrons. The number of ether oxygens (including phenoxy) is 1. The molecule has 3 heterocycles. The number of carbonyl (C=O) groups excluding carboxylic acids is 1. The molecule has 0 atom stereocenters. The first kappa shape index (κ1) is 21.6. The minimum Gasteiger partial charge on any atom is -0.497 e. The number of aryl methyl sites for hydroxylation is 1. The van der Waals surface area contributed by atoms with E-state index in [0.29, 0.717) is 29.3 Å². The molecule has 0 unspecified atom stereocenters. The molecule has 0 N–H and O–H groups in total. The van der Waals surface area contributed by atoms with Crippen LogP contribution in [0.1, 0.15) is 46.4 Å². The second kappa shape index (κ2) is 8.94. The number of hydrogen-bond acceptors (Lipinski definition) is 6. The van der Waals surface area contributed by atoms with E-state index in [2.05, 4.69) is 21.7 Å². The fourth-order valence-corrected chi connectivity index (χ4v) is 5.06. The summed E-state index contributed by atoms with van der Waals surface area (Å²) in [6.45, 7) is 4.60. The van der Waals surface area contributed by atoms with Crippen LogP contribution in [0.4, 0.5) is 0 Å². The van der Waals surface area contributed by atoms with Crippen molar-refractivity contribution in [1.82, 2.24) is 19.3 Å². The highest BCUT2D eigenvalue weighted by molar-refractivity contribution is 7.99. The van der Waals surface area contributed by atoms with Gasteiger partial charge in [-0.3, -0.25) is 9.36 Å². The molecule has 33 heavy (non-hydrogen) atoms. The normalized spacial score (nSPS) is 13.4. The fourth-order valence-electron chi connectivity index (χ4n) is 4.23. The average molecular weight is 463 g/mol. The van der Waals surface area contributed by atoms with Gasteiger partial charge in [-0.1, -0.05) is 23.9 Å². The summed E-state index contributed by atoms with van der Waals surface area (Å²) < 4.78 is 15.2. The maximum atomic E-state index is 13.1. The van der Waals surface area contributed by atoms with Gasteiger partial charge in [-0.05, 0) is 57.0 Å². The van der Waals surface area contributed by atoms with E-state index in [1.807, 2.05) is 54.0 Å². The Morgan fingerprint density at radius 1 is 1.18 bits per heavy atom. The van der Waals surface area contributed by atoms with Crippen LogP contribution in [0, 0.1) is 13.8 Å². The highest BCUT2D eigenvalue weighted by atomic mass is 32.2. The number of furan rings is 1. The van der Waals surface area contributed by atoms with Gasteiger partial charge >= 0.3 is 0 Å². The van der Waals surface area contributed by atoms with Crippen molar-refractivity contribution < 1.29 is 13.9 Å². The number of Topliss-reactive ketones (excluding diaryl/α,β-unsaturated/α-hetero) is 1. The number of hydrogen-bond donors (Lipinski definition) is 0. The smallest absolute Gasteiger partial charge is 0.192 e. The summed E-state index contributed by atoms with van der Waals surface area (Å²) >= 11 is 1.40. The number of thioether (sulfide) groups is 1. The van der Waals surface area contributed by atoms with Gasteiger partial charge in [0.15, 0.2) is 16.8 Å². The molecule has 0 bridgehead atoms. The van der Waals surface area contributed by atoms with Crippen molar-refractivity contribution in [3.05, 3.63) is 71.4 Å². The summed E-state index contributed by atoms with van der Waals surface area (Å²) in [4.78, 5) is 13.1. The third-order valence-electron chi connectivity index (χ3n) is 5.97. The van der Waals surface area contributed by atoms with Crippen molar-refractivity contribution in [2.24, 2.45) is 0 Å². The summed E-state index contributed by atoms with van der Waals surface area (Å²) in [7, 11) is 1.64. The summed E-state index contributed by atoms with van der Waals surface area (Å²) in [6.07, 6.45) is 4.04. The van der Waals surface area contributed by atoms with Gasteiger partial charge in [0, 0.05) is 28.6 Å². The maximum Gasteiger partial charge on any atom is 0.192 e. The molecule has 0 saturated heterocycles. The lowest BCUT2D eigenvalue weighted by molar-refractivity contribution is 0.102. The maximum absolute atomic E-state index is 13.1. The molecule has 5 rings (SSSR count). The summed E-state index contributed by atoms with van der Waals surface area (Å²) in [5, 5.41) is 9.53. The predicted molar refractivity (Wildman–Crippen MR) is 127 cm³/mol. The van der Waals surface area contributed by atoms with Crippen molar-refractivity contribution >= 4 is 17.5 Å². The lowest BCUT2D eigenvalue weighted by Crippen LogP contribution is -2.08. The van der Waals surface area contributed by atoms with Crippen LogP contribution in [0.3, 0.4) is 0 Å². The van der Waals surface area contributed by atoms with Crippen LogP contribution in [0.25, 0.3) is 11.4 Å². The molecule has 1 fully saturated rings. The van der Waals surface area contributed by atoms with Crippen LogP contribution in [0.15, 0.2) is 58.3 Å². The number of rotatable bonds is 9. The van der Waals surface area contributed by atoms with E-state index in [-0.39, 0.29) is 5.78 Å². The lowest BCUT2D eigenvalue weighted by atomic mass is 10.2. The number of nitrogens with zero attached hydrogens (tertiary/aromatic N) is 4. The Morgan fingerprint density at radius 3 is 2.76 bits per heavy atom. The second-order valence-electron chi connectivity index (χ2n) is 8.30. The molecule has 0 amide bonds. The van der Waals surface area contributed by atoms with Gasteiger partial charge in [0.1, 0.15) is 11.5 Å². The first-order valence-corrected chi connectivity index (χ1v) is 12.0. The van der Waals surface area contributed by atoms with E-state index in [1.165, 1.54) is 24.6 Å². The Morgan fingerprint density at radius 2 is 2.03 bits per heavy atom. The average Bonchev–Trinajstić information content (AvgIpc) is 3.23. The zero-order valence-corrected chi connectivity index (χ0v) is 19.8. The Kier molecular flexibility index (Phi) is 5.85. The van der Waals surface area contributed by atoms with Crippen molar-refractivity contribution in [2.75, 3.05) is 12.9 Å². The molecule has 0 radical (unpaired) electrons. The summed E-state index contributed by atoms with van der Waals surface area (Å²) in [5.74, 6) is 2.64. The minimum absolute atomic E-state index is 0.107.